The van der Waals surface area contributed by atoms with E-state index in [0.717, 1.165) is 28.3 Å². The van der Waals surface area contributed by atoms with Crippen molar-refractivity contribution in [1.29, 1.82) is 0 Å². The van der Waals surface area contributed by atoms with Gasteiger partial charge in [0.2, 0.25) is 0 Å². The fourth-order valence-electron chi connectivity index (χ4n) is 2.18. The van der Waals surface area contributed by atoms with Crippen LogP contribution in [0.4, 0.5) is 5.69 Å². The van der Waals surface area contributed by atoms with Crippen LogP contribution >= 0.6 is 11.3 Å². The summed E-state index contributed by atoms with van der Waals surface area (Å²) in [6.45, 7) is 5.89. The Bertz CT molecular complexity index is 719. The molecule has 1 aliphatic heterocycles. The molecule has 6 heteroatoms. The van der Waals surface area contributed by atoms with E-state index in [1.54, 1.807) is 11.3 Å². The second-order valence-electron chi connectivity index (χ2n) is 5.13. The van der Waals surface area contributed by atoms with Gasteiger partial charge in [-0.25, -0.2) is 9.78 Å². The molecule has 0 radical (unpaired) electrons. The summed E-state index contributed by atoms with van der Waals surface area (Å²) < 4.78 is 1.12. The molecule has 5 nitrogen and oxygen atoms in total. The fourth-order valence-corrected chi connectivity index (χ4v) is 3.13. The number of thiazole rings is 1. The van der Waals surface area contributed by atoms with Crippen LogP contribution in [-0.4, -0.2) is 40.9 Å². The normalized spacial score (nSPS) is 16.3. The van der Waals surface area contributed by atoms with Gasteiger partial charge in [-0.2, -0.15) is 0 Å². The lowest BCUT2D eigenvalue weighted by Crippen LogP contribution is -2.18. The molecule has 2 heterocycles. The largest absolute Gasteiger partial charge is 0.480 e. The highest BCUT2D eigenvalue weighted by Gasteiger charge is 2.19. The van der Waals surface area contributed by atoms with E-state index in [2.05, 4.69) is 27.0 Å². The number of anilines is 1. The number of aliphatic carboxylic acids is 1. The average molecular weight is 303 g/mol. The molecule has 110 valence electrons. The Morgan fingerprint density at radius 3 is 2.90 bits per heavy atom. The fraction of sp³-hybridized carbons (Fsp3) is 0.400. The highest BCUT2D eigenvalue weighted by atomic mass is 32.1. The van der Waals surface area contributed by atoms with E-state index in [4.69, 9.17) is 5.11 Å². The summed E-state index contributed by atoms with van der Waals surface area (Å²) >= 11 is 1.57. The van der Waals surface area contributed by atoms with Crippen molar-refractivity contribution in [3.8, 4) is 0 Å². The van der Waals surface area contributed by atoms with E-state index in [-0.39, 0.29) is 0 Å². The van der Waals surface area contributed by atoms with Crippen LogP contribution in [0.15, 0.2) is 23.2 Å². The van der Waals surface area contributed by atoms with Crippen LogP contribution in [0.5, 0.6) is 0 Å². The molecule has 0 unspecified atom stereocenters. The molecule has 21 heavy (non-hydrogen) atoms. The predicted octanol–water partition coefficient (Wildman–Crippen LogP) is 2.79. The lowest BCUT2D eigenvalue weighted by atomic mass is 10.2. The standard InChI is InChI=1S/C15H17N3O2S/c1-3-11(15(19)20)16-9(2)14-17-12-5-4-10(18-6-7-18)8-13(12)21-14/h4-5,8,11H,3,6-7H2,1-2H3,(H,19,20)/t11-/m1/s1. The van der Waals surface area contributed by atoms with E-state index in [0.29, 0.717) is 12.1 Å². The highest BCUT2D eigenvalue weighted by molar-refractivity contribution is 7.20. The molecule has 0 amide bonds. The second-order valence-corrected chi connectivity index (χ2v) is 6.17. The molecule has 1 aliphatic rings. The molecular weight excluding hydrogens is 286 g/mol. The Hall–Kier alpha value is -1.95. The van der Waals surface area contributed by atoms with Gasteiger partial charge in [0.05, 0.1) is 15.9 Å². The van der Waals surface area contributed by atoms with Gasteiger partial charge in [-0.15, -0.1) is 11.3 Å². The van der Waals surface area contributed by atoms with Gasteiger partial charge in [-0.05, 0) is 31.5 Å². The van der Waals surface area contributed by atoms with E-state index >= 15 is 0 Å². The minimum atomic E-state index is -0.887. The summed E-state index contributed by atoms with van der Waals surface area (Å²) in [5.74, 6) is -0.887. The Labute approximate surface area is 126 Å². The summed E-state index contributed by atoms with van der Waals surface area (Å²) in [5.41, 5.74) is 2.86. The molecule has 0 spiro atoms. The molecule has 1 saturated heterocycles. The van der Waals surface area contributed by atoms with Gasteiger partial charge >= 0.3 is 5.97 Å². The Balaban J connectivity index is 1.92. The monoisotopic (exact) mass is 303 g/mol. The number of nitrogens with zero attached hydrogens (tertiary/aromatic N) is 3. The minimum absolute atomic E-state index is 0.483. The maximum atomic E-state index is 11.1. The first-order chi connectivity index (χ1) is 10.1. The van der Waals surface area contributed by atoms with Crippen molar-refractivity contribution in [3.05, 3.63) is 23.2 Å². The van der Waals surface area contributed by atoms with Crippen molar-refractivity contribution in [3.63, 3.8) is 0 Å². The second kappa shape index (κ2) is 5.44. The Kier molecular flexibility index (Phi) is 3.63. The minimum Gasteiger partial charge on any atom is -0.480 e. The third-order valence-corrected chi connectivity index (χ3v) is 4.64. The molecule has 2 aromatic rings. The van der Waals surface area contributed by atoms with Crippen molar-refractivity contribution < 1.29 is 9.90 Å². The zero-order chi connectivity index (χ0) is 15.0. The smallest absolute Gasteiger partial charge is 0.328 e. The molecular formula is C15H17N3O2S. The zero-order valence-corrected chi connectivity index (χ0v) is 12.9. The van der Waals surface area contributed by atoms with Crippen LogP contribution in [-0.2, 0) is 4.79 Å². The number of hydrogen-bond acceptors (Lipinski definition) is 5. The van der Waals surface area contributed by atoms with Gasteiger partial charge in [-0.3, -0.25) is 4.99 Å². The first kappa shape index (κ1) is 14.0. The Morgan fingerprint density at radius 1 is 1.52 bits per heavy atom. The van der Waals surface area contributed by atoms with Gasteiger partial charge < -0.3 is 10.0 Å². The number of aliphatic imine (C=N–C) groups is 1. The van der Waals surface area contributed by atoms with Crippen molar-refractivity contribution in [2.45, 2.75) is 26.3 Å². The number of hydrogen-bond donors (Lipinski definition) is 1. The van der Waals surface area contributed by atoms with E-state index in [1.165, 1.54) is 5.69 Å². The summed E-state index contributed by atoms with van der Waals surface area (Å²) in [6.07, 6.45) is 0.483. The van der Waals surface area contributed by atoms with Crippen molar-refractivity contribution in [2.75, 3.05) is 18.0 Å². The van der Waals surface area contributed by atoms with E-state index in [1.807, 2.05) is 19.9 Å². The number of rotatable bonds is 5. The highest BCUT2D eigenvalue weighted by Crippen LogP contribution is 2.29. The number of carboxylic acid groups (broad SMARTS) is 1. The molecule has 3 rings (SSSR count). The van der Waals surface area contributed by atoms with Crippen LogP contribution in [0.1, 0.15) is 25.3 Å². The summed E-state index contributed by atoms with van der Waals surface area (Å²) in [7, 11) is 0. The Morgan fingerprint density at radius 2 is 2.29 bits per heavy atom. The SMILES string of the molecule is CC[C@@H](N=C(C)c1nc2ccc(N3CC3)cc2s1)C(=O)O. The van der Waals surface area contributed by atoms with Gasteiger partial charge in [0.15, 0.2) is 0 Å². The summed E-state index contributed by atoms with van der Waals surface area (Å²) in [6, 6.07) is 5.55. The summed E-state index contributed by atoms with van der Waals surface area (Å²) in [4.78, 5) is 22.2. The van der Waals surface area contributed by atoms with Gasteiger partial charge in [-0.1, -0.05) is 6.92 Å². The first-order valence-corrected chi connectivity index (χ1v) is 7.83. The maximum absolute atomic E-state index is 11.1. The summed E-state index contributed by atoms with van der Waals surface area (Å²) in [5, 5.41) is 9.88. The van der Waals surface area contributed by atoms with Crippen LogP contribution in [0.2, 0.25) is 0 Å². The first-order valence-electron chi connectivity index (χ1n) is 7.01. The van der Waals surface area contributed by atoms with Crippen molar-refractivity contribution in [1.82, 2.24) is 4.98 Å². The topological polar surface area (TPSA) is 65.6 Å². The van der Waals surface area contributed by atoms with E-state index in [9.17, 15) is 4.79 Å². The van der Waals surface area contributed by atoms with Crippen LogP contribution < -0.4 is 4.90 Å². The number of carboxylic acids is 1. The molecule has 0 bridgehead atoms. The van der Waals surface area contributed by atoms with Crippen LogP contribution in [0.25, 0.3) is 10.2 Å². The van der Waals surface area contributed by atoms with Crippen LogP contribution in [0.3, 0.4) is 0 Å². The third kappa shape index (κ3) is 2.90. The van der Waals surface area contributed by atoms with Crippen molar-refractivity contribution in [2.24, 2.45) is 4.99 Å². The van der Waals surface area contributed by atoms with Gasteiger partial charge in [0.25, 0.3) is 0 Å². The third-order valence-electron chi connectivity index (χ3n) is 3.52. The van der Waals surface area contributed by atoms with Crippen molar-refractivity contribution >= 4 is 38.9 Å². The quantitative estimate of drug-likeness (QED) is 0.681. The molecule has 1 aromatic carbocycles. The molecule has 0 aliphatic carbocycles. The number of aromatic nitrogens is 1. The lowest BCUT2D eigenvalue weighted by Gasteiger charge is -2.04. The lowest BCUT2D eigenvalue weighted by molar-refractivity contribution is -0.138. The van der Waals surface area contributed by atoms with Crippen LogP contribution in [0, 0.1) is 0 Å². The molecule has 1 atom stereocenters. The molecule has 1 aromatic heterocycles. The maximum Gasteiger partial charge on any atom is 0.328 e. The molecule has 0 saturated carbocycles. The number of carbonyl (C=O) groups is 1. The zero-order valence-electron chi connectivity index (χ0n) is 12.0. The molecule has 1 fully saturated rings. The average Bonchev–Trinajstić information content (AvgIpc) is 3.22. The van der Waals surface area contributed by atoms with E-state index < -0.39 is 12.0 Å². The van der Waals surface area contributed by atoms with Gasteiger partial charge in [0.1, 0.15) is 11.0 Å². The number of fused-ring (bicyclic) bond motifs is 1. The predicted molar refractivity (Wildman–Crippen MR) is 85.8 cm³/mol. The number of benzene rings is 1. The molecule has 1 N–H and O–H groups in total. The van der Waals surface area contributed by atoms with Gasteiger partial charge in [0, 0.05) is 18.8 Å².